The van der Waals surface area contributed by atoms with Crippen LogP contribution >= 0.6 is 12.2 Å². The number of nitrogens with two attached hydrogens (primary N) is 1. The standard InChI is InChI=1S/C8H5F3N2OS.C7H7F3N2O/c1-14-6-3-2-5(12-4-15)7(13-6)8(9,10)11;1-13-5-3-2-4(11)6(12-5)7(8,9)10/h2-3H,1H3;2-3H,11H2,1H3. The number of nitrogens with zero attached hydrogens (tertiary/aromatic N) is 3. The van der Waals surface area contributed by atoms with Crippen molar-refractivity contribution in [2.45, 2.75) is 12.4 Å². The highest BCUT2D eigenvalue weighted by molar-refractivity contribution is 7.78. The Morgan fingerprint density at radius 2 is 1.36 bits per heavy atom. The van der Waals surface area contributed by atoms with Crippen molar-refractivity contribution >= 4 is 28.8 Å². The zero-order chi connectivity index (χ0) is 21.5. The molecule has 0 aromatic carbocycles. The van der Waals surface area contributed by atoms with Gasteiger partial charge in [0.05, 0.1) is 25.1 Å². The van der Waals surface area contributed by atoms with Crippen molar-refractivity contribution in [2.24, 2.45) is 4.99 Å². The third-order valence-electron chi connectivity index (χ3n) is 2.87. The van der Waals surface area contributed by atoms with Crippen LogP contribution < -0.4 is 15.2 Å². The van der Waals surface area contributed by atoms with Gasteiger partial charge in [-0.25, -0.2) is 9.97 Å². The molecule has 28 heavy (non-hydrogen) atoms. The smallest absolute Gasteiger partial charge is 0.435 e. The summed E-state index contributed by atoms with van der Waals surface area (Å²) in [6, 6.07) is 4.76. The third-order valence-corrected chi connectivity index (χ3v) is 2.96. The summed E-state index contributed by atoms with van der Waals surface area (Å²) in [6.45, 7) is 0. The first-order chi connectivity index (χ1) is 12.9. The average Bonchev–Trinajstić information content (AvgIpc) is 2.61. The van der Waals surface area contributed by atoms with Gasteiger partial charge in [0.25, 0.3) is 0 Å². The van der Waals surface area contributed by atoms with Gasteiger partial charge in [0.15, 0.2) is 11.4 Å². The van der Waals surface area contributed by atoms with Crippen molar-refractivity contribution in [3.63, 3.8) is 0 Å². The van der Waals surface area contributed by atoms with Crippen LogP contribution in [0.1, 0.15) is 11.4 Å². The minimum atomic E-state index is -4.60. The van der Waals surface area contributed by atoms with Gasteiger partial charge >= 0.3 is 12.4 Å². The zero-order valence-electron chi connectivity index (χ0n) is 14.2. The first-order valence-electron chi connectivity index (χ1n) is 7.01. The first kappa shape index (κ1) is 23.1. The number of ether oxygens (including phenoxy) is 2. The Morgan fingerprint density at radius 1 is 0.893 bits per heavy atom. The van der Waals surface area contributed by atoms with Crippen LogP contribution in [0.2, 0.25) is 0 Å². The predicted octanol–water partition coefficient (Wildman–Crippen LogP) is 4.53. The number of methoxy groups -OCH3 is 2. The largest absolute Gasteiger partial charge is 0.481 e. The van der Waals surface area contributed by atoms with E-state index < -0.39 is 29.4 Å². The van der Waals surface area contributed by atoms with Crippen LogP contribution in [0.5, 0.6) is 11.8 Å². The van der Waals surface area contributed by atoms with E-state index in [2.05, 4.69) is 36.7 Å². The minimum absolute atomic E-state index is 0.110. The van der Waals surface area contributed by atoms with E-state index in [1.54, 1.807) is 0 Å². The Hall–Kier alpha value is -2.92. The van der Waals surface area contributed by atoms with Gasteiger partial charge in [-0.05, 0) is 24.4 Å². The summed E-state index contributed by atoms with van der Waals surface area (Å²) >= 11 is 4.23. The highest BCUT2D eigenvalue weighted by atomic mass is 32.1. The van der Waals surface area contributed by atoms with Gasteiger partial charge in [0.1, 0.15) is 5.69 Å². The van der Waals surface area contributed by atoms with E-state index in [9.17, 15) is 26.3 Å². The van der Waals surface area contributed by atoms with Crippen LogP contribution in [-0.4, -0.2) is 29.3 Å². The van der Waals surface area contributed by atoms with E-state index in [1.165, 1.54) is 26.4 Å². The molecule has 0 aliphatic rings. The molecule has 0 atom stereocenters. The Kier molecular flexibility index (Phi) is 7.70. The molecule has 0 fully saturated rings. The molecule has 2 aromatic heterocycles. The molecule has 6 nitrogen and oxygen atoms in total. The fourth-order valence-corrected chi connectivity index (χ4v) is 1.79. The van der Waals surface area contributed by atoms with Crippen molar-refractivity contribution in [3.8, 4) is 11.8 Å². The molecule has 2 rings (SSSR count). The van der Waals surface area contributed by atoms with Crippen molar-refractivity contribution in [2.75, 3.05) is 20.0 Å². The maximum absolute atomic E-state index is 12.4. The van der Waals surface area contributed by atoms with Crippen molar-refractivity contribution < 1.29 is 35.8 Å². The van der Waals surface area contributed by atoms with Gasteiger partial charge < -0.3 is 15.2 Å². The molecule has 2 heterocycles. The molecule has 152 valence electrons. The van der Waals surface area contributed by atoms with Crippen LogP contribution in [-0.2, 0) is 12.4 Å². The molecular formula is C15H12F6N4O2S. The minimum Gasteiger partial charge on any atom is -0.481 e. The Bertz CT molecular complexity index is 867. The fraction of sp³-hybridized carbons (Fsp3) is 0.267. The maximum Gasteiger partial charge on any atom is 0.435 e. The van der Waals surface area contributed by atoms with Crippen LogP contribution in [0.4, 0.5) is 37.7 Å². The Balaban J connectivity index is 0.000000283. The number of aliphatic imine (C=N–C) groups is 1. The normalized spacial score (nSPS) is 11.0. The summed E-state index contributed by atoms with van der Waals surface area (Å²) in [5, 5.41) is 1.86. The molecule has 2 aromatic rings. The number of halogens is 6. The topological polar surface area (TPSA) is 82.6 Å². The van der Waals surface area contributed by atoms with Gasteiger partial charge in [0, 0.05) is 12.1 Å². The van der Waals surface area contributed by atoms with Crippen molar-refractivity contribution in [3.05, 3.63) is 35.7 Å². The molecule has 13 heteroatoms. The van der Waals surface area contributed by atoms with Crippen LogP contribution in [0.3, 0.4) is 0 Å². The van der Waals surface area contributed by atoms with E-state index in [0.29, 0.717) is 0 Å². The number of aromatic nitrogens is 2. The lowest BCUT2D eigenvalue weighted by atomic mass is 10.3. The first-order valence-corrected chi connectivity index (χ1v) is 7.42. The average molecular weight is 426 g/mol. The summed E-state index contributed by atoms with van der Waals surface area (Å²) in [5.41, 5.74) is 2.05. The summed E-state index contributed by atoms with van der Waals surface area (Å²) in [6.07, 6.45) is -9.14. The number of isothiocyanates is 1. The lowest BCUT2D eigenvalue weighted by molar-refractivity contribution is -0.141. The SMILES string of the molecule is COc1ccc(N)c(C(F)(F)F)n1.COc1ccc(N=C=S)c(C(F)(F)F)n1. The van der Waals surface area contributed by atoms with Gasteiger partial charge in [-0.2, -0.15) is 31.3 Å². The second-order valence-corrected chi connectivity index (χ2v) is 4.89. The second-order valence-electron chi connectivity index (χ2n) is 4.71. The molecule has 0 saturated heterocycles. The van der Waals surface area contributed by atoms with Gasteiger partial charge in [-0.1, -0.05) is 0 Å². The Labute approximate surface area is 160 Å². The van der Waals surface area contributed by atoms with Gasteiger partial charge in [0.2, 0.25) is 11.8 Å². The Morgan fingerprint density at radius 3 is 1.79 bits per heavy atom. The molecule has 0 bridgehead atoms. The van der Waals surface area contributed by atoms with Crippen LogP contribution in [0, 0.1) is 0 Å². The number of thiocarbonyl (C=S) groups is 1. The van der Waals surface area contributed by atoms with Crippen molar-refractivity contribution in [1.82, 2.24) is 9.97 Å². The van der Waals surface area contributed by atoms with Crippen LogP contribution in [0.25, 0.3) is 0 Å². The van der Waals surface area contributed by atoms with E-state index >= 15 is 0 Å². The number of rotatable bonds is 3. The molecule has 0 unspecified atom stereocenters. The molecule has 0 amide bonds. The lowest BCUT2D eigenvalue weighted by Crippen LogP contribution is -2.12. The lowest BCUT2D eigenvalue weighted by Gasteiger charge is -2.09. The quantitative estimate of drug-likeness (QED) is 0.441. The van der Waals surface area contributed by atoms with Crippen LogP contribution in [0.15, 0.2) is 29.3 Å². The summed E-state index contributed by atoms with van der Waals surface area (Å²) in [4.78, 5) is 9.72. The van der Waals surface area contributed by atoms with E-state index in [-0.39, 0.29) is 17.4 Å². The zero-order valence-corrected chi connectivity index (χ0v) is 15.0. The summed E-state index contributed by atoms with van der Waals surface area (Å²) in [5.74, 6) is -0.243. The van der Waals surface area contributed by atoms with Gasteiger partial charge in [-0.3, -0.25) is 0 Å². The van der Waals surface area contributed by atoms with E-state index in [0.717, 1.165) is 12.1 Å². The van der Waals surface area contributed by atoms with Crippen molar-refractivity contribution in [1.29, 1.82) is 0 Å². The molecule has 2 N–H and O–H groups in total. The number of pyridine rings is 2. The number of hydrogen-bond donors (Lipinski definition) is 1. The highest BCUT2D eigenvalue weighted by Gasteiger charge is 2.36. The molecule has 0 aliphatic heterocycles. The molecule has 0 spiro atoms. The highest BCUT2D eigenvalue weighted by Crippen LogP contribution is 2.36. The second kappa shape index (κ2) is 9.33. The number of anilines is 1. The summed E-state index contributed by atoms with van der Waals surface area (Å²) < 4.78 is 83.0. The van der Waals surface area contributed by atoms with E-state index in [4.69, 9.17) is 5.73 Å². The predicted molar refractivity (Wildman–Crippen MR) is 90.7 cm³/mol. The number of nitrogen functional groups attached to an aromatic ring is 1. The number of alkyl halides is 6. The molecule has 0 aliphatic carbocycles. The fourth-order valence-electron chi connectivity index (χ4n) is 1.69. The van der Waals surface area contributed by atoms with Gasteiger partial charge in [-0.15, -0.1) is 0 Å². The maximum atomic E-state index is 12.4. The molecular weight excluding hydrogens is 414 g/mol. The molecule has 0 radical (unpaired) electrons. The third kappa shape index (κ3) is 6.35. The summed E-state index contributed by atoms with van der Waals surface area (Å²) in [7, 11) is 2.46. The number of hydrogen-bond acceptors (Lipinski definition) is 7. The van der Waals surface area contributed by atoms with E-state index in [1.807, 2.05) is 5.16 Å². The molecule has 0 saturated carbocycles. The monoisotopic (exact) mass is 426 g/mol.